The van der Waals surface area contributed by atoms with Crippen molar-refractivity contribution in [3.8, 4) is 5.75 Å². The zero-order chi connectivity index (χ0) is 11.2. The zero-order valence-corrected chi connectivity index (χ0v) is 9.10. The largest absolute Gasteiger partial charge is 0.497 e. The first-order chi connectivity index (χ1) is 7.88. The van der Waals surface area contributed by atoms with Gasteiger partial charge in [-0.05, 0) is 53.6 Å². The molecule has 0 saturated heterocycles. The van der Waals surface area contributed by atoms with Gasteiger partial charge in [-0.25, -0.2) is 0 Å². The van der Waals surface area contributed by atoms with Gasteiger partial charge in [-0.2, -0.15) is 0 Å². The van der Waals surface area contributed by atoms with Gasteiger partial charge in [-0.1, -0.05) is 24.3 Å². The van der Waals surface area contributed by atoms with E-state index in [1.165, 1.54) is 0 Å². The lowest BCUT2D eigenvalue weighted by molar-refractivity contribution is 0.415. The Balaban J connectivity index is 2.12. The first-order valence-corrected chi connectivity index (χ1v) is 5.08. The van der Waals surface area contributed by atoms with Gasteiger partial charge in [0.1, 0.15) is 5.75 Å². The Morgan fingerprint density at radius 2 is 1.56 bits per heavy atom. The standard InChI is InChI=1S/C15H12O/c1-16-15-11-9-14(10-12-15)8-7-13-5-3-2-4-6-13/h2,5-12H,1H3/b8-7-. The van der Waals surface area contributed by atoms with Gasteiger partial charge >= 0.3 is 0 Å². The summed E-state index contributed by atoms with van der Waals surface area (Å²) in [6.07, 6.45) is 4.09. The molecule has 0 N–H and O–H groups in total. The number of ether oxygens (including phenoxy) is 1. The van der Waals surface area contributed by atoms with E-state index in [1.54, 1.807) is 13.2 Å². The molecule has 0 spiro atoms. The number of benzene rings is 2. The van der Waals surface area contributed by atoms with Gasteiger partial charge in [-0.15, -0.1) is 0 Å². The molecule has 0 atom stereocenters. The number of hydrogen-bond donors (Lipinski definition) is 0. The second-order valence-electron chi connectivity index (χ2n) is 3.37. The number of rotatable bonds is 3. The average molecular weight is 208 g/mol. The third-order valence-electron chi connectivity index (χ3n) is 2.25. The number of methoxy groups -OCH3 is 1. The van der Waals surface area contributed by atoms with E-state index in [2.05, 4.69) is 18.2 Å². The van der Waals surface area contributed by atoms with Gasteiger partial charge in [0.25, 0.3) is 0 Å². The quantitative estimate of drug-likeness (QED) is 0.702. The molecule has 16 heavy (non-hydrogen) atoms. The molecule has 1 nitrogen and oxygen atoms in total. The van der Waals surface area contributed by atoms with Crippen molar-refractivity contribution in [3.05, 3.63) is 65.7 Å². The fraction of sp³-hybridized carbons (Fsp3) is 0.0667. The highest BCUT2D eigenvalue weighted by atomic mass is 16.5. The Morgan fingerprint density at radius 3 is 2.19 bits per heavy atom. The predicted octanol–water partition coefficient (Wildman–Crippen LogP) is 3.47. The minimum absolute atomic E-state index is 0.874. The maximum Gasteiger partial charge on any atom is 0.118 e. The van der Waals surface area contributed by atoms with E-state index in [1.807, 2.05) is 42.5 Å². The van der Waals surface area contributed by atoms with Crippen molar-refractivity contribution in [2.24, 2.45) is 0 Å². The van der Waals surface area contributed by atoms with Gasteiger partial charge in [-0.3, -0.25) is 0 Å². The molecule has 2 radical (unpaired) electrons. The molecule has 1 heteroatoms. The van der Waals surface area contributed by atoms with E-state index in [0.29, 0.717) is 0 Å². The molecule has 0 saturated carbocycles. The van der Waals surface area contributed by atoms with Gasteiger partial charge < -0.3 is 4.74 Å². The highest BCUT2D eigenvalue weighted by Crippen LogP contribution is 2.13. The molecule has 0 bridgehead atoms. The lowest BCUT2D eigenvalue weighted by atomic mass is 10.1. The van der Waals surface area contributed by atoms with Crippen LogP contribution in [0.5, 0.6) is 5.75 Å². The summed E-state index contributed by atoms with van der Waals surface area (Å²) in [5.41, 5.74) is 2.24. The van der Waals surface area contributed by atoms with Gasteiger partial charge in [0.05, 0.1) is 7.11 Å². The van der Waals surface area contributed by atoms with Crippen LogP contribution in [0, 0.1) is 12.1 Å². The van der Waals surface area contributed by atoms with Gasteiger partial charge in [0, 0.05) is 0 Å². The highest BCUT2D eigenvalue weighted by molar-refractivity contribution is 5.69. The summed E-state index contributed by atoms with van der Waals surface area (Å²) >= 11 is 0. The van der Waals surface area contributed by atoms with Crippen molar-refractivity contribution in [1.82, 2.24) is 0 Å². The Bertz CT molecular complexity index is 455. The molecule has 2 aromatic carbocycles. The normalized spacial score (nSPS) is 10.6. The van der Waals surface area contributed by atoms with Crippen LogP contribution >= 0.6 is 0 Å². The molecule has 0 unspecified atom stereocenters. The molecule has 2 rings (SSSR count). The van der Waals surface area contributed by atoms with Crippen LogP contribution in [0.3, 0.4) is 0 Å². The topological polar surface area (TPSA) is 9.23 Å². The second kappa shape index (κ2) is 5.17. The highest BCUT2D eigenvalue weighted by Gasteiger charge is 1.90. The van der Waals surface area contributed by atoms with Crippen molar-refractivity contribution in [3.63, 3.8) is 0 Å². The monoisotopic (exact) mass is 208 g/mol. The van der Waals surface area contributed by atoms with E-state index < -0.39 is 0 Å². The predicted molar refractivity (Wildman–Crippen MR) is 66.0 cm³/mol. The van der Waals surface area contributed by atoms with Crippen molar-refractivity contribution in [1.29, 1.82) is 0 Å². The Hall–Kier alpha value is -2.02. The molecular formula is C15H12O. The van der Waals surface area contributed by atoms with E-state index in [0.717, 1.165) is 16.9 Å². The fourth-order valence-corrected chi connectivity index (χ4v) is 1.37. The number of hydrogen-bond acceptors (Lipinski definition) is 1. The molecule has 0 fully saturated rings. The van der Waals surface area contributed by atoms with Crippen LogP contribution in [0.25, 0.3) is 12.2 Å². The smallest absolute Gasteiger partial charge is 0.118 e. The molecule has 78 valence electrons. The van der Waals surface area contributed by atoms with Crippen LogP contribution in [-0.4, -0.2) is 7.11 Å². The first-order valence-electron chi connectivity index (χ1n) is 5.08. The summed E-state index contributed by atoms with van der Waals surface area (Å²) < 4.78 is 5.10. The Morgan fingerprint density at radius 1 is 0.938 bits per heavy atom. The molecule has 2 aromatic rings. The maximum atomic E-state index is 5.10. The van der Waals surface area contributed by atoms with E-state index >= 15 is 0 Å². The second-order valence-corrected chi connectivity index (χ2v) is 3.37. The molecule has 0 amide bonds. The van der Waals surface area contributed by atoms with Crippen LogP contribution in [-0.2, 0) is 0 Å². The minimum Gasteiger partial charge on any atom is -0.497 e. The molecule has 0 heterocycles. The molecule has 0 aliphatic rings. The summed E-state index contributed by atoms with van der Waals surface area (Å²) in [5, 5.41) is 0. The molecular weight excluding hydrogens is 196 g/mol. The lowest BCUT2D eigenvalue weighted by Gasteiger charge is -1.99. The van der Waals surface area contributed by atoms with E-state index in [4.69, 9.17) is 4.74 Å². The van der Waals surface area contributed by atoms with E-state index in [-0.39, 0.29) is 0 Å². The summed E-state index contributed by atoms with van der Waals surface area (Å²) in [5.74, 6) is 0.874. The van der Waals surface area contributed by atoms with Crippen LogP contribution in [0.15, 0.2) is 42.5 Å². The summed E-state index contributed by atoms with van der Waals surface area (Å²) in [7, 11) is 1.67. The van der Waals surface area contributed by atoms with Crippen LogP contribution < -0.4 is 4.74 Å². The Labute approximate surface area is 96.0 Å². The fourth-order valence-electron chi connectivity index (χ4n) is 1.37. The summed E-state index contributed by atoms with van der Waals surface area (Å²) in [6, 6.07) is 19.5. The van der Waals surface area contributed by atoms with Crippen LogP contribution in [0.4, 0.5) is 0 Å². The average Bonchev–Trinajstić information content (AvgIpc) is 2.38. The van der Waals surface area contributed by atoms with Gasteiger partial charge in [0.15, 0.2) is 0 Å². The Kier molecular flexibility index (Phi) is 3.39. The summed E-state index contributed by atoms with van der Waals surface area (Å²) in [6.45, 7) is 0. The zero-order valence-electron chi connectivity index (χ0n) is 9.10. The minimum atomic E-state index is 0.874. The van der Waals surface area contributed by atoms with Gasteiger partial charge in [0.2, 0.25) is 0 Å². The molecule has 0 aliphatic heterocycles. The van der Waals surface area contributed by atoms with Crippen molar-refractivity contribution < 1.29 is 4.74 Å². The maximum absolute atomic E-state index is 5.10. The third kappa shape index (κ3) is 2.74. The molecule has 0 aliphatic carbocycles. The summed E-state index contributed by atoms with van der Waals surface area (Å²) in [4.78, 5) is 0. The van der Waals surface area contributed by atoms with Crippen molar-refractivity contribution in [2.75, 3.05) is 7.11 Å². The van der Waals surface area contributed by atoms with Crippen LogP contribution in [0.1, 0.15) is 11.1 Å². The SMILES string of the molecule is COc1ccc(/C=C\c2c[c]c[c]c2)cc1. The van der Waals surface area contributed by atoms with Crippen LogP contribution in [0.2, 0.25) is 0 Å². The molecule has 0 aromatic heterocycles. The van der Waals surface area contributed by atoms with E-state index in [9.17, 15) is 0 Å². The lowest BCUT2D eigenvalue weighted by Crippen LogP contribution is -1.81. The first kappa shape index (κ1) is 10.5. The third-order valence-corrected chi connectivity index (χ3v) is 2.25. The van der Waals surface area contributed by atoms with Crippen molar-refractivity contribution in [2.45, 2.75) is 0 Å². The van der Waals surface area contributed by atoms with Crippen molar-refractivity contribution >= 4 is 12.2 Å².